The van der Waals surface area contributed by atoms with Crippen LogP contribution in [0.2, 0.25) is 0 Å². The van der Waals surface area contributed by atoms with Crippen molar-refractivity contribution in [2.75, 3.05) is 18.0 Å². The maximum absolute atomic E-state index is 10.7. The SMILES string of the molecule is Cc1nc(N2CCC3(O)CCCCC3C2)ccc1CO. The smallest absolute Gasteiger partial charge is 0.128 e. The molecule has 0 aromatic carbocycles. The number of aliphatic hydroxyl groups is 2. The van der Waals surface area contributed by atoms with Crippen LogP contribution in [-0.2, 0) is 6.61 Å². The molecule has 4 heteroatoms. The maximum Gasteiger partial charge on any atom is 0.128 e. The van der Waals surface area contributed by atoms with E-state index in [0.717, 1.165) is 55.8 Å². The molecular formula is C16H24N2O2. The second kappa shape index (κ2) is 5.34. The molecular weight excluding hydrogens is 252 g/mol. The lowest BCUT2D eigenvalue weighted by atomic mass is 9.71. The lowest BCUT2D eigenvalue weighted by molar-refractivity contribution is -0.0613. The molecule has 0 amide bonds. The van der Waals surface area contributed by atoms with Gasteiger partial charge >= 0.3 is 0 Å². The van der Waals surface area contributed by atoms with E-state index >= 15 is 0 Å². The van der Waals surface area contributed by atoms with E-state index in [4.69, 9.17) is 0 Å². The maximum atomic E-state index is 10.7. The van der Waals surface area contributed by atoms with E-state index in [1.165, 1.54) is 6.42 Å². The van der Waals surface area contributed by atoms with Gasteiger partial charge in [-0.3, -0.25) is 0 Å². The van der Waals surface area contributed by atoms with Crippen molar-refractivity contribution in [2.24, 2.45) is 5.92 Å². The molecule has 1 aromatic heterocycles. The average Bonchev–Trinajstić information content (AvgIpc) is 2.46. The molecule has 1 saturated heterocycles. The number of pyridine rings is 1. The van der Waals surface area contributed by atoms with E-state index in [9.17, 15) is 10.2 Å². The summed E-state index contributed by atoms with van der Waals surface area (Å²) in [5.74, 6) is 1.36. The minimum absolute atomic E-state index is 0.0431. The molecule has 2 fully saturated rings. The number of aryl methyl sites for hydroxylation is 1. The number of aliphatic hydroxyl groups excluding tert-OH is 1. The van der Waals surface area contributed by atoms with E-state index in [-0.39, 0.29) is 6.61 Å². The molecule has 110 valence electrons. The Labute approximate surface area is 120 Å². The van der Waals surface area contributed by atoms with E-state index < -0.39 is 5.60 Å². The van der Waals surface area contributed by atoms with Gasteiger partial charge in [0.2, 0.25) is 0 Å². The normalized spacial score (nSPS) is 30.1. The van der Waals surface area contributed by atoms with Gasteiger partial charge < -0.3 is 15.1 Å². The Kier molecular flexibility index (Phi) is 3.69. The third-order valence-electron chi connectivity index (χ3n) is 5.10. The summed E-state index contributed by atoms with van der Waals surface area (Å²) in [6, 6.07) is 3.95. The monoisotopic (exact) mass is 276 g/mol. The van der Waals surface area contributed by atoms with Crippen LogP contribution in [0.5, 0.6) is 0 Å². The van der Waals surface area contributed by atoms with Gasteiger partial charge in [-0.2, -0.15) is 0 Å². The van der Waals surface area contributed by atoms with Crippen LogP contribution in [0, 0.1) is 12.8 Å². The van der Waals surface area contributed by atoms with Crippen LogP contribution in [0.4, 0.5) is 5.82 Å². The first-order chi connectivity index (χ1) is 9.62. The highest BCUT2D eigenvalue weighted by Gasteiger charge is 2.42. The van der Waals surface area contributed by atoms with E-state index in [1.807, 2.05) is 19.1 Å². The van der Waals surface area contributed by atoms with Crippen LogP contribution in [-0.4, -0.2) is 33.9 Å². The van der Waals surface area contributed by atoms with Gasteiger partial charge in [-0.15, -0.1) is 0 Å². The highest BCUT2D eigenvalue weighted by Crippen LogP contribution is 2.40. The van der Waals surface area contributed by atoms with Crippen molar-refractivity contribution in [1.82, 2.24) is 4.98 Å². The van der Waals surface area contributed by atoms with Crippen molar-refractivity contribution in [1.29, 1.82) is 0 Å². The summed E-state index contributed by atoms with van der Waals surface area (Å²) < 4.78 is 0. The Morgan fingerprint density at radius 3 is 2.95 bits per heavy atom. The molecule has 1 aliphatic carbocycles. The fourth-order valence-electron chi connectivity index (χ4n) is 3.70. The van der Waals surface area contributed by atoms with Crippen molar-refractivity contribution in [2.45, 2.75) is 51.2 Å². The van der Waals surface area contributed by atoms with Gasteiger partial charge in [0, 0.05) is 24.7 Å². The Bertz CT molecular complexity index is 491. The summed E-state index contributed by atoms with van der Waals surface area (Å²) in [6.07, 6.45) is 5.33. The molecule has 20 heavy (non-hydrogen) atoms. The number of fused-ring (bicyclic) bond motifs is 1. The predicted octanol–water partition coefficient (Wildman–Crippen LogP) is 2.01. The zero-order valence-electron chi connectivity index (χ0n) is 12.2. The molecule has 4 nitrogen and oxygen atoms in total. The first-order valence-corrected chi connectivity index (χ1v) is 7.67. The Balaban J connectivity index is 1.77. The summed E-state index contributed by atoms with van der Waals surface area (Å²) in [6.45, 7) is 3.76. The van der Waals surface area contributed by atoms with E-state index in [0.29, 0.717) is 5.92 Å². The molecule has 2 aliphatic rings. The van der Waals surface area contributed by atoms with Crippen LogP contribution < -0.4 is 4.90 Å². The highest BCUT2D eigenvalue weighted by molar-refractivity contribution is 5.42. The van der Waals surface area contributed by atoms with Gasteiger partial charge in [-0.05, 0) is 37.8 Å². The van der Waals surface area contributed by atoms with Crippen molar-refractivity contribution in [3.8, 4) is 0 Å². The fraction of sp³-hybridized carbons (Fsp3) is 0.688. The lowest BCUT2D eigenvalue weighted by Crippen LogP contribution is -2.53. The van der Waals surface area contributed by atoms with Crippen molar-refractivity contribution in [3.63, 3.8) is 0 Å². The Morgan fingerprint density at radius 2 is 2.20 bits per heavy atom. The van der Waals surface area contributed by atoms with Crippen molar-refractivity contribution < 1.29 is 10.2 Å². The summed E-state index contributed by atoms with van der Waals surface area (Å²) in [7, 11) is 0. The minimum Gasteiger partial charge on any atom is -0.392 e. The zero-order chi connectivity index (χ0) is 14.2. The van der Waals surface area contributed by atoms with Gasteiger partial charge in [0.15, 0.2) is 0 Å². The molecule has 2 heterocycles. The Morgan fingerprint density at radius 1 is 1.35 bits per heavy atom. The molecule has 3 rings (SSSR count). The second-order valence-electron chi connectivity index (χ2n) is 6.31. The number of hydrogen-bond acceptors (Lipinski definition) is 4. The van der Waals surface area contributed by atoms with Crippen molar-refractivity contribution in [3.05, 3.63) is 23.4 Å². The summed E-state index contributed by atoms with van der Waals surface area (Å²) in [5, 5.41) is 19.9. The number of anilines is 1. The molecule has 2 unspecified atom stereocenters. The van der Waals surface area contributed by atoms with Crippen LogP contribution in [0.15, 0.2) is 12.1 Å². The molecule has 1 aromatic rings. The van der Waals surface area contributed by atoms with Crippen LogP contribution in [0.25, 0.3) is 0 Å². The molecule has 1 saturated carbocycles. The van der Waals surface area contributed by atoms with Gasteiger partial charge in [0.1, 0.15) is 5.82 Å². The molecule has 1 aliphatic heterocycles. The average molecular weight is 276 g/mol. The molecule has 2 N–H and O–H groups in total. The third kappa shape index (κ3) is 2.42. The molecule has 0 radical (unpaired) electrons. The topological polar surface area (TPSA) is 56.6 Å². The van der Waals surface area contributed by atoms with Crippen LogP contribution in [0.1, 0.15) is 43.4 Å². The summed E-state index contributed by atoms with van der Waals surface area (Å²) in [5.41, 5.74) is 1.35. The van der Waals surface area contributed by atoms with E-state index in [1.54, 1.807) is 0 Å². The number of rotatable bonds is 2. The second-order valence-corrected chi connectivity index (χ2v) is 6.31. The van der Waals surface area contributed by atoms with Crippen LogP contribution >= 0.6 is 0 Å². The highest BCUT2D eigenvalue weighted by atomic mass is 16.3. The number of piperidine rings is 1. The molecule has 0 spiro atoms. The van der Waals surface area contributed by atoms with Crippen LogP contribution in [0.3, 0.4) is 0 Å². The van der Waals surface area contributed by atoms with Crippen molar-refractivity contribution >= 4 is 5.82 Å². The number of hydrogen-bond donors (Lipinski definition) is 2. The molecule has 0 bridgehead atoms. The van der Waals surface area contributed by atoms with Gasteiger partial charge in [-0.1, -0.05) is 18.9 Å². The summed E-state index contributed by atoms with van der Waals surface area (Å²) >= 11 is 0. The number of nitrogens with zero attached hydrogens (tertiary/aromatic N) is 2. The summed E-state index contributed by atoms with van der Waals surface area (Å²) in [4.78, 5) is 6.90. The predicted molar refractivity (Wildman–Crippen MR) is 78.6 cm³/mol. The largest absolute Gasteiger partial charge is 0.392 e. The standard InChI is InChI=1S/C16H24N2O2/c1-12-13(11-19)5-6-15(17-12)18-9-8-16(20)7-3-2-4-14(16)10-18/h5-6,14,19-20H,2-4,7-11H2,1H3. The first kappa shape index (κ1) is 13.8. The molecule has 2 atom stereocenters. The van der Waals surface area contributed by atoms with Gasteiger partial charge in [0.05, 0.1) is 12.2 Å². The lowest BCUT2D eigenvalue weighted by Gasteiger charge is -2.47. The fourth-order valence-corrected chi connectivity index (χ4v) is 3.70. The zero-order valence-corrected chi connectivity index (χ0v) is 12.2. The van der Waals surface area contributed by atoms with Gasteiger partial charge in [0.25, 0.3) is 0 Å². The Hall–Kier alpha value is -1.13. The first-order valence-electron chi connectivity index (χ1n) is 7.67. The minimum atomic E-state index is -0.436. The van der Waals surface area contributed by atoms with Gasteiger partial charge in [-0.25, -0.2) is 4.98 Å². The quantitative estimate of drug-likeness (QED) is 0.867. The van der Waals surface area contributed by atoms with E-state index in [2.05, 4.69) is 9.88 Å². The third-order valence-corrected chi connectivity index (χ3v) is 5.10. The number of aromatic nitrogens is 1.